The molecule has 2 aromatic rings. The highest BCUT2D eigenvalue weighted by Gasteiger charge is 2.14. The highest BCUT2D eigenvalue weighted by molar-refractivity contribution is 7.13. The third-order valence-corrected chi connectivity index (χ3v) is 3.27. The highest BCUT2D eigenvalue weighted by atomic mass is 32.1. The number of benzene rings is 1. The van der Waals surface area contributed by atoms with Crippen molar-refractivity contribution in [2.75, 3.05) is 11.9 Å². The van der Waals surface area contributed by atoms with Gasteiger partial charge in [-0.1, -0.05) is 0 Å². The molecule has 1 aromatic heterocycles. The molecular weight excluding hydrogens is 299 g/mol. The number of carboxylic acid groups (broad SMARTS) is 1. The molecule has 1 heterocycles. The van der Waals surface area contributed by atoms with Crippen molar-refractivity contribution >= 4 is 28.3 Å². The fourth-order valence-corrected chi connectivity index (χ4v) is 2.21. The lowest BCUT2D eigenvalue weighted by Gasteiger charge is -2.08. The Morgan fingerprint density at radius 1 is 1.48 bits per heavy atom. The number of hydrogen-bond acceptors (Lipinski definition) is 5. The Morgan fingerprint density at radius 2 is 2.24 bits per heavy atom. The van der Waals surface area contributed by atoms with Crippen LogP contribution in [-0.2, 0) is 4.79 Å². The first-order chi connectivity index (χ1) is 9.95. The Hall–Kier alpha value is -2.48. The number of halogens is 1. The van der Waals surface area contributed by atoms with E-state index in [0.29, 0.717) is 5.13 Å². The molecular formula is C13H11FN2O4S. The monoisotopic (exact) mass is 310 g/mol. The average Bonchev–Trinajstić information content (AvgIpc) is 2.81. The number of rotatable bonds is 5. The van der Waals surface area contributed by atoms with Crippen LogP contribution < -0.4 is 10.1 Å². The number of carboxylic acids is 1. The SMILES string of the molecule is Cc1csc(NC(=O)COc2cc(F)ccc2C(=O)O)n1. The minimum absolute atomic E-state index is 0.201. The first kappa shape index (κ1) is 14.9. The number of aromatic nitrogens is 1. The van der Waals surface area contributed by atoms with Crippen LogP contribution in [0.4, 0.5) is 9.52 Å². The molecule has 0 radical (unpaired) electrons. The van der Waals surface area contributed by atoms with Crippen molar-refractivity contribution in [2.45, 2.75) is 6.92 Å². The van der Waals surface area contributed by atoms with E-state index in [1.165, 1.54) is 11.3 Å². The predicted molar refractivity (Wildman–Crippen MR) is 74.3 cm³/mol. The maximum absolute atomic E-state index is 13.1. The van der Waals surface area contributed by atoms with E-state index in [1.54, 1.807) is 12.3 Å². The number of ether oxygens (including phenoxy) is 1. The first-order valence-electron chi connectivity index (χ1n) is 5.83. The third kappa shape index (κ3) is 3.99. The summed E-state index contributed by atoms with van der Waals surface area (Å²) in [6.45, 7) is 1.34. The third-order valence-electron chi connectivity index (χ3n) is 2.40. The van der Waals surface area contributed by atoms with Gasteiger partial charge in [0.05, 0.1) is 5.69 Å². The molecule has 0 saturated heterocycles. The molecule has 1 amide bonds. The summed E-state index contributed by atoms with van der Waals surface area (Å²) < 4.78 is 18.2. The molecule has 8 heteroatoms. The number of nitrogens with zero attached hydrogens (tertiary/aromatic N) is 1. The number of amides is 1. The standard InChI is InChI=1S/C13H11FN2O4S/c1-7-6-21-13(15-7)16-11(17)5-20-10-4-8(14)2-3-9(10)12(18)19/h2-4,6H,5H2,1H3,(H,18,19)(H,15,16,17). The predicted octanol–water partition coefficient (Wildman–Crippen LogP) is 2.31. The molecule has 0 aliphatic carbocycles. The molecule has 0 aliphatic heterocycles. The minimum Gasteiger partial charge on any atom is -0.483 e. The smallest absolute Gasteiger partial charge is 0.339 e. The second-order valence-electron chi connectivity index (χ2n) is 4.08. The number of carbonyl (C=O) groups is 2. The van der Waals surface area contributed by atoms with Crippen molar-refractivity contribution in [1.29, 1.82) is 0 Å². The van der Waals surface area contributed by atoms with Gasteiger partial charge >= 0.3 is 5.97 Å². The van der Waals surface area contributed by atoms with Crippen LogP contribution in [0.2, 0.25) is 0 Å². The van der Waals surface area contributed by atoms with Crippen LogP contribution in [0, 0.1) is 12.7 Å². The summed E-state index contributed by atoms with van der Waals surface area (Å²) in [4.78, 5) is 26.7. The first-order valence-corrected chi connectivity index (χ1v) is 6.71. The lowest BCUT2D eigenvalue weighted by Crippen LogP contribution is -2.20. The van der Waals surface area contributed by atoms with E-state index < -0.39 is 24.3 Å². The molecule has 1 aromatic carbocycles. The van der Waals surface area contributed by atoms with E-state index in [2.05, 4.69) is 10.3 Å². The molecule has 0 spiro atoms. The van der Waals surface area contributed by atoms with Gasteiger partial charge in [-0.25, -0.2) is 14.2 Å². The summed E-state index contributed by atoms with van der Waals surface area (Å²) in [5.74, 6) is -2.62. The van der Waals surface area contributed by atoms with E-state index in [1.807, 2.05) is 0 Å². The van der Waals surface area contributed by atoms with Crippen LogP contribution in [0.15, 0.2) is 23.6 Å². The van der Waals surface area contributed by atoms with Crippen LogP contribution in [0.25, 0.3) is 0 Å². The molecule has 6 nitrogen and oxygen atoms in total. The molecule has 2 rings (SSSR count). The number of anilines is 1. The lowest BCUT2D eigenvalue weighted by atomic mass is 10.2. The number of aryl methyl sites for hydroxylation is 1. The summed E-state index contributed by atoms with van der Waals surface area (Å²) >= 11 is 1.26. The van der Waals surface area contributed by atoms with Gasteiger partial charge in [-0.3, -0.25) is 10.1 Å². The van der Waals surface area contributed by atoms with Crippen molar-refractivity contribution in [3.8, 4) is 5.75 Å². The van der Waals surface area contributed by atoms with Gasteiger partial charge in [0.2, 0.25) is 0 Å². The fraction of sp³-hybridized carbons (Fsp3) is 0.154. The van der Waals surface area contributed by atoms with Crippen molar-refractivity contribution in [1.82, 2.24) is 4.98 Å². The number of aromatic carboxylic acids is 1. The van der Waals surface area contributed by atoms with Gasteiger partial charge < -0.3 is 9.84 Å². The fourth-order valence-electron chi connectivity index (χ4n) is 1.50. The van der Waals surface area contributed by atoms with E-state index in [0.717, 1.165) is 23.9 Å². The van der Waals surface area contributed by atoms with E-state index in [4.69, 9.17) is 9.84 Å². The van der Waals surface area contributed by atoms with E-state index >= 15 is 0 Å². The van der Waals surface area contributed by atoms with Crippen LogP contribution in [0.1, 0.15) is 16.1 Å². The molecule has 21 heavy (non-hydrogen) atoms. The zero-order valence-electron chi connectivity index (χ0n) is 10.9. The molecule has 110 valence electrons. The largest absolute Gasteiger partial charge is 0.483 e. The van der Waals surface area contributed by atoms with E-state index in [9.17, 15) is 14.0 Å². The second kappa shape index (κ2) is 6.31. The van der Waals surface area contributed by atoms with Gasteiger partial charge in [0.15, 0.2) is 11.7 Å². The Balaban J connectivity index is 2.00. The molecule has 0 bridgehead atoms. The summed E-state index contributed by atoms with van der Waals surface area (Å²) in [5, 5.41) is 13.6. The molecule has 0 unspecified atom stereocenters. The average molecular weight is 310 g/mol. The van der Waals surface area contributed by atoms with Crippen molar-refractivity contribution in [3.05, 3.63) is 40.7 Å². The molecule has 0 aliphatic rings. The van der Waals surface area contributed by atoms with Gasteiger partial charge in [0, 0.05) is 11.4 Å². The van der Waals surface area contributed by atoms with Gasteiger partial charge in [0.25, 0.3) is 5.91 Å². The van der Waals surface area contributed by atoms with Gasteiger partial charge in [0.1, 0.15) is 17.1 Å². The normalized spacial score (nSPS) is 10.2. The van der Waals surface area contributed by atoms with Crippen LogP contribution in [0.3, 0.4) is 0 Å². The van der Waals surface area contributed by atoms with Gasteiger partial charge in [-0.15, -0.1) is 11.3 Å². The maximum atomic E-state index is 13.1. The summed E-state index contributed by atoms with van der Waals surface area (Å²) in [5.41, 5.74) is 0.559. The molecule has 0 fully saturated rings. The van der Waals surface area contributed by atoms with Crippen LogP contribution in [0.5, 0.6) is 5.75 Å². The van der Waals surface area contributed by atoms with Crippen molar-refractivity contribution in [3.63, 3.8) is 0 Å². The van der Waals surface area contributed by atoms with Gasteiger partial charge in [-0.2, -0.15) is 0 Å². The van der Waals surface area contributed by atoms with Crippen molar-refractivity contribution in [2.24, 2.45) is 0 Å². The molecule has 0 atom stereocenters. The van der Waals surface area contributed by atoms with Crippen molar-refractivity contribution < 1.29 is 23.8 Å². The van der Waals surface area contributed by atoms with Crippen LogP contribution >= 0.6 is 11.3 Å². The Kier molecular flexibility index (Phi) is 4.49. The van der Waals surface area contributed by atoms with E-state index in [-0.39, 0.29) is 11.3 Å². The highest BCUT2D eigenvalue weighted by Crippen LogP contribution is 2.20. The van der Waals surface area contributed by atoms with Crippen LogP contribution in [-0.4, -0.2) is 28.6 Å². The molecule has 0 saturated carbocycles. The summed E-state index contributed by atoms with van der Waals surface area (Å²) in [6.07, 6.45) is 0. The lowest BCUT2D eigenvalue weighted by molar-refractivity contribution is -0.118. The maximum Gasteiger partial charge on any atom is 0.339 e. The number of hydrogen-bond donors (Lipinski definition) is 2. The Morgan fingerprint density at radius 3 is 2.86 bits per heavy atom. The number of nitrogens with one attached hydrogen (secondary N) is 1. The Bertz CT molecular complexity index is 687. The number of thiazole rings is 1. The molecule has 2 N–H and O–H groups in total. The zero-order chi connectivity index (χ0) is 15.4. The van der Waals surface area contributed by atoms with Gasteiger partial charge in [-0.05, 0) is 19.1 Å². The number of carbonyl (C=O) groups excluding carboxylic acids is 1. The topological polar surface area (TPSA) is 88.5 Å². The quantitative estimate of drug-likeness (QED) is 0.884. The minimum atomic E-state index is -1.26. The summed E-state index contributed by atoms with van der Waals surface area (Å²) in [7, 11) is 0. The zero-order valence-corrected chi connectivity index (χ0v) is 11.7. The summed E-state index contributed by atoms with van der Waals surface area (Å²) in [6, 6.07) is 3.01. The Labute approximate surface area is 123 Å². The second-order valence-corrected chi connectivity index (χ2v) is 4.93.